The van der Waals surface area contributed by atoms with Crippen molar-refractivity contribution in [1.82, 2.24) is 5.32 Å². The molecule has 0 unspecified atom stereocenters. The zero-order chi connectivity index (χ0) is 13.5. The van der Waals surface area contributed by atoms with E-state index >= 15 is 0 Å². The number of hydrogen-bond donors (Lipinski definition) is 3. The summed E-state index contributed by atoms with van der Waals surface area (Å²) >= 11 is 0. The van der Waals surface area contributed by atoms with Gasteiger partial charge in [-0.15, -0.1) is 0 Å². The van der Waals surface area contributed by atoms with Crippen molar-refractivity contribution in [3.8, 4) is 0 Å². The van der Waals surface area contributed by atoms with Crippen LogP contribution in [0, 0.1) is 0 Å². The van der Waals surface area contributed by atoms with Gasteiger partial charge in [0.25, 0.3) is 5.91 Å². The number of guanidine groups is 1. The first-order chi connectivity index (χ1) is 8.54. The maximum atomic E-state index is 11.9. The highest BCUT2D eigenvalue weighted by Crippen LogP contribution is 2.14. The standard InChI is InChI=1S/C12H16N4O2/c1-3-14-12(13)16-11(18)9-6-4-5-7-10(9)15-8(2)17/h4-7H,3H2,1-2H3,(H,15,17)(H3,13,14,16,18). The average molecular weight is 248 g/mol. The van der Waals surface area contributed by atoms with Gasteiger partial charge in [0.1, 0.15) is 0 Å². The van der Waals surface area contributed by atoms with Crippen LogP contribution in [0.15, 0.2) is 29.3 Å². The van der Waals surface area contributed by atoms with E-state index < -0.39 is 5.91 Å². The highest BCUT2D eigenvalue weighted by Gasteiger charge is 2.12. The molecular weight excluding hydrogens is 232 g/mol. The van der Waals surface area contributed by atoms with Crippen molar-refractivity contribution in [2.45, 2.75) is 13.8 Å². The molecule has 18 heavy (non-hydrogen) atoms. The summed E-state index contributed by atoms with van der Waals surface area (Å²) in [5.41, 5.74) is 6.28. The van der Waals surface area contributed by atoms with Gasteiger partial charge in [-0.2, -0.15) is 0 Å². The second-order valence-corrected chi connectivity index (χ2v) is 3.54. The lowest BCUT2D eigenvalue weighted by atomic mass is 10.1. The fourth-order valence-electron chi connectivity index (χ4n) is 1.37. The van der Waals surface area contributed by atoms with E-state index in [0.717, 1.165) is 0 Å². The van der Waals surface area contributed by atoms with Gasteiger partial charge >= 0.3 is 0 Å². The number of para-hydroxylation sites is 1. The minimum Gasteiger partial charge on any atom is -0.370 e. The van der Waals surface area contributed by atoms with Crippen LogP contribution >= 0.6 is 0 Å². The molecule has 96 valence electrons. The van der Waals surface area contributed by atoms with Crippen LogP contribution in [0.1, 0.15) is 24.2 Å². The van der Waals surface area contributed by atoms with Crippen molar-refractivity contribution in [2.75, 3.05) is 11.9 Å². The van der Waals surface area contributed by atoms with Gasteiger partial charge in [-0.05, 0) is 19.1 Å². The zero-order valence-corrected chi connectivity index (χ0v) is 10.4. The van der Waals surface area contributed by atoms with Gasteiger partial charge in [-0.25, -0.2) is 0 Å². The largest absolute Gasteiger partial charge is 0.370 e. The normalized spacial score (nSPS) is 10.9. The number of nitrogens with two attached hydrogens (primary N) is 1. The molecule has 6 nitrogen and oxygen atoms in total. The summed E-state index contributed by atoms with van der Waals surface area (Å²) in [4.78, 5) is 26.8. The minimum atomic E-state index is -0.408. The number of nitrogens with zero attached hydrogens (tertiary/aromatic N) is 1. The predicted molar refractivity (Wildman–Crippen MR) is 70.4 cm³/mol. The molecule has 0 aliphatic rings. The Morgan fingerprint density at radius 1 is 1.33 bits per heavy atom. The molecular formula is C12H16N4O2. The summed E-state index contributed by atoms with van der Waals surface area (Å²) in [6, 6.07) is 6.67. The van der Waals surface area contributed by atoms with E-state index in [4.69, 9.17) is 5.73 Å². The number of carbonyl (C=O) groups excluding carboxylic acids is 2. The number of aliphatic imine (C=N–C) groups is 1. The average Bonchev–Trinajstić information content (AvgIpc) is 2.28. The Morgan fingerprint density at radius 2 is 2.00 bits per heavy atom. The molecule has 0 radical (unpaired) electrons. The zero-order valence-electron chi connectivity index (χ0n) is 10.4. The monoisotopic (exact) mass is 248 g/mol. The summed E-state index contributed by atoms with van der Waals surface area (Å²) in [5, 5.41) is 5.03. The summed E-state index contributed by atoms with van der Waals surface area (Å²) in [5.74, 6) is -0.598. The predicted octanol–water partition coefficient (Wildman–Crippen LogP) is 0.709. The number of amides is 2. The number of carbonyl (C=O) groups is 2. The van der Waals surface area contributed by atoms with Crippen molar-refractivity contribution in [1.29, 1.82) is 0 Å². The molecule has 0 saturated carbocycles. The second-order valence-electron chi connectivity index (χ2n) is 3.54. The minimum absolute atomic E-state index is 0.0557. The van der Waals surface area contributed by atoms with E-state index in [9.17, 15) is 9.59 Å². The SMILES string of the molecule is CCN=C(N)NC(=O)c1ccccc1NC(C)=O. The third kappa shape index (κ3) is 3.89. The lowest BCUT2D eigenvalue weighted by Crippen LogP contribution is -2.37. The lowest BCUT2D eigenvalue weighted by Gasteiger charge is -2.09. The van der Waals surface area contributed by atoms with Crippen LogP contribution < -0.4 is 16.4 Å². The van der Waals surface area contributed by atoms with E-state index in [1.54, 1.807) is 24.3 Å². The number of nitrogens with one attached hydrogen (secondary N) is 2. The Morgan fingerprint density at radius 3 is 2.61 bits per heavy atom. The molecule has 2 amide bonds. The molecule has 4 N–H and O–H groups in total. The van der Waals surface area contributed by atoms with Gasteiger partial charge < -0.3 is 11.1 Å². The molecule has 0 atom stereocenters. The molecule has 0 bridgehead atoms. The third-order valence-electron chi connectivity index (χ3n) is 2.05. The maximum Gasteiger partial charge on any atom is 0.260 e. The fourth-order valence-corrected chi connectivity index (χ4v) is 1.37. The van der Waals surface area contributed by atoms with Gasteiger partial charge in [0.2, 0.25) is 5.91 Å². The third-order valence-corrected chi connectivity index (χ3v) is 2.05. The number of benzene rings is 1. The van der Waals surface area contributed by atoms with E-state index in [2.05, 4.69) is 15.6 Å². The summed E-state index contributed by atoms with van der Waals surface area (Å²) < 4.78 is 0. The Hall–Kier alpha value is -2.37. The Balaban J connectivity index is 2.91. The van der Waals surface area contributed by atoms with Crippen molar-refractivity contribution in [2.24, 2.45) is 10.7 Å². The Labute approximate surface area is 105 Å². The molecule has 1 rings (SSSR count). The molecule has 0 saturated heterocycles. The summed E-state index contributed by atoms with van der Waals surface area (Å²) in [6.45, 7) is 3.67. The van der Waals surface area contributed by atoms with Crippen LogP contribution in [0.5, 0.6) is 0 Å². The topological polar surface area (TPSA) is 96.6 Å². The van der Waals surface area contributed by atoms with Gasteiger partial charge in [0.15, 0.2) is 5.96 Å². The number of anilines is 1. The number of rotatable bonds is 3. The summed E-state index contributed by atoms with van der Waals surface area (Å²) in [6.07, 6.45) is 0. The molecule has 0 aromatic heterocycles. The lowest BCUT2D eigenvalue weighted by molar-refractivity contribution is -0.114. The van der Waals surface area contributed by atoms with Gasteiger partial charge in [0, 0.05) is 13.5 Å². The van der Waals surface area contributed by atoms with E-state index in [-0.39, 0.29) is 11.9 Å². The van der Waals surface area contributed by atoms with E-state index in [1.807, 2.05) is 6.92 Å². The molecule has 0 aliphatic heterocycles. The van der Waals surface area contributed by atoms with Crippen molar-refractivity contribution >= 4 is 23.5 Å². The van der Waals surface area contributed by atoms with Crippen LogP contribution in [-0.4, -0.2) is 24.3 Å². The van der Waals surface area contributed by atoms with Crippen molar-refractivity contribution in [3.63, 3.8) is 0 Å². The second kappa shape index (κ2) is 6.39. The number of hydrogen-bond acceptors (Lipinski definition) is 3. The van der Waals surface area contributed by atoms with Crippen LogP contribution in [0.4, 0.5) is 5.69 Å². The van der Waals surface area contributed by atoms with Gasteiger partial charge in [-0.3, -0.25) is 19.9 Å². The summed E-state index contributed by atoms with van der Waals surface area (Å²) in [7, 11) is 0. The molecule has 1 aromatic carbocycles. The highest BCUT2D eigenvalue weighted by atomic mass is 16.2. The molecule has 0 aliphatic carbocycles. The van der Waals surface area contributed by atoms with E-state index in [1.165, 1.54) is 6.92 Å². The van der Waals surface area contributed by atoms with Crippen molar-refractivity contribution in [3.05, 3.63) is 29.8 Å². The quantitative estimate of drug-likeness (QED) is 0.543. The van der Waals surface area contributed by atoms with Crippen LogP contribution in [-0.2, 0) is 4.79 Å². The van der Waals surface area contributed by atoms with Gasteiger partial charge in [0.05, 0.1) is 11.3 Å². The first kappa shape index (κ1) is 13.7. The maximum absolute atomic E-state index is 11.9. The highest BCUT2D eigenvalue weighted by molar-refractivity contribution is 6.09. The molecule has 1 aromatic rings. The first-order valence-corrected chi connectivity index (χ1v) is 5.52. The van der Waals surface area contributed by atoms with Gasteiger partial charge in [-0.1, -0.05) is 12.1 Å². The van der Waals surface area contributed by atoms with Crippen LogP contribution in [0.25, 0.3) is 0 Å². The van der Waals surface area contributed by atoms with E-state index in [0.29, 0.717) is 17.8 Å². The molecule has 0 heterocycles. The first-order valence-electron chi connectivity index (χ1n) is 5.52. The Bertz CT molecular complexity index is 483. The van der Waals surface area contributed by atoms with Crippen LogP contribution in [0.3, 0.4) is 0 Å². The fraction of sp³-hybridized carbons (Fsp3) is 0.250. The Kier molecular flexibility index (Phi) is 4.86. The van der Waals surface area contributed by atoms with Crippen molar-refractivity contribution < 1.29 is 9.59 Å². The molecule has 6 heteroatoms. The molecule has 0 fully saturated rings. The smallest absolute Gasteiger partial charge is 0.260 e. The molecule has 0 spiro atoms. The van der Waals surface area contributed by atoms with Crippen LogP contribution in [0.2, 0.25) is 0 Å².